The van der Waals surface area contributed by atoms with Crippen LogP contribution in [0.1, 0.15) is 5.56 Å². The molecule has 0 spiro atoms. The maximum atomic E-state index is 13.3. The quantitative estimate of drug-likeness (QED) is 0.362. The number of para-hydroxylation sites is 1. The van der Waals surface area contributed by atoms with Crippen LogP contribution in [0.25, 0.3) is 0 Å². The van der Waals surface area contributed by atoms with Crippen molar-refractivity contribution in [3.8, 4) is 0 Å². The number of allylic oxidation sites excluding steroid dienone is 1. The molecule has 0 bridgehead atoms. The number of hydrogen-bond donors (Lipinski definition) is 2. The Morgan fingerprint density at radius 1 is 0.871 bits per heavy atom. The molecule has 12 heteroatoms. The smallest absolute Gasteiger partial charge is 0.242 e. The molecule has 2 N–H and O–H groups in total. The van der Waals surface area contributed by atoms with E-state index in [1.165, 1.54) is 12.1 Å². The third kappa shape index (κ3) is 4.18. The van der Waals surface area contributed by atoms with Gasteiger partial charge in [0.2, 0.25) is 24.5 Å². The number of anilines is 1. The molecular weight excluding hydrogens is 549 g/mol. The molecule has 0 aliphatic heterocycles. The van der Waals surface area contributed by atoms with Crippen molar-refractivity contribution in [3.63, 3.8) is 0 Å². The van der Waals surface area contributed by atoms with Crippen LogP contribution in [0.4, 0.5) is 5.69 Å². The summed E-state index contributed by atoms with van der Waals surface area (Å²) in [6, 6.07) is 14.2. The summed E-state index contributed by atoms with van der Waals surface area (Å²) < 4.78 is 23.8. The van der Waals surface area contributed by atoms with Gasteiger partial charge in [-0.3, -0.25) is 4.79 Å². The highest BCUT2D eigenvalue weighted by atomic mass is 35.5. The van der Waals surface area contributed by atoms with Crippen LogP contribution in [0.2, 0.25) is 0 Å². The van der Waals surface area contributed by atoms with Gasteiger partial charge in [0.25, 0.3) is 0 Å². The summed E-state index contributed by atoms with van der Waals surface area (Å²) in [5.74, 6) is -1.08. The number of benzene rings is 2. The molecule has 1 aliphatic carbocycles. The predicted octanol–water partition coefficient (Wildman–Crippen LogP) is 5.70. The molecule has 1 atom stereocenters. The monoisotopic (exact) mass is 560 g/mol. The number of halogens is 6. The largest absolute Gasteiger partial charge is 0.359 e. The molecule has 0 saturated heterocycles. The van der Waals surface area contributed by atoms with Crippen molar-refractivity contribution < 1.29 is 13.2 Å². The summed E-state index contributed by atoms with van der Waals surface area (Å²) in [5, 5.41) is 1.68. The third-order valence-corrected chi connectivity index (χ3v) is 9.42. The van der Waals surface area contributed by atoms with E-state index in [0.29, 0.717) is 5.69 Å². The molecule has 166 valence electrons. The van der Waals surface area contributed by atoms with Gasteiger partial charge in [-0.1, -0.05) is 106 Å². The van der Waals surface area contributed by atoms with Gasteiger partial charge in [-0.05, 0) is 31.2 Å². The first-order valence-electron chi connectivity index (χ1n) is 8.56. The van der Waals surface area contributed by atoms with Crippen molar-refractivity contribution in [2.75, 3.05) is 5.32 Å². The van der Waals surface area contributed by atoms with E-state index in [9.17, 15) is 13.2 Å². The fourth-order valence-corrected chi connectivity index (χ4v) is 6.21. The fourth-order valence-electron chi connectivity index (χ4n) is 2.90. The Hall–Kier alpha value is -0.700. The Bertz CT molecular complexity index is 1150. The molecule has 0 aromatic heterocycles. The summed E-state index contributed by atoms with van der Waals surface area (Å²) in [7, 11) is -4.34. The average molecular weight is 563 g/mol. The normalized spacial score (nSPS) is 23.0. The zero-order valence-corrected chi connectivity index (χ0v) is 20.9. The second-order valence-corrected chi connectivity index (χ2v) is 11.9. The summed E-state index contributed by atoms with van der Waals surface area (Å²) in [5.41, 5.74) is -1.15. The lowest BCUT2D eigenvalue weighted by atomic mass is 9.92. The first-order chi connectivity index (χ1) is 14.3. The molecule has 1 aliphatic rings. The zero-order valence-electron chi connectivity index (χ0n) is 15.6. The molecule has 0 saturated carbocycles. The van der Waals surface area contributed by atoms with E-state index in [0.717, 1.165) is 5.56 Å². The summed E-state index contributed by atoms with van der Waals surface area (Å²) in [6.07, 6.45) is 0. The molecule has 0 radical (unpaired) electrons. The van der Waals surface area contributed by atoms with Crippen LogP contribution in [0.3, 0.4) is 0 Å². The number of rotatable bonds is 5. The highest BCUT2D eigenvalue weighted by Gasteiger charge is 2.71. The van der Waals surface area contributed by atoms with Gasteiger partial charge in [0.1, 0.15) is 5.03 Å². The summed E-state index contributed by atoms with van der Waals surface area (Å²) in [6.45, 7) is 1.80. The first kappa shape index (κ1) is 24.9. The van der Waals surface area contributed by atoms with Crippen molar-refractivity contribution in [2.24, 2.45) is 0 Å². The Balaban J connectivity index is 2.27. The molecule has 0 fully saturated rings. The maximum absolute atomic E-state index is 13.3. The van der Waals surface area contributed by atoms with Crippen molar-refractivity contribution in [3.05, 3.63) is 70.2 Å². The van der Waals surface area contributed by atoms with Crippen LogP contribution >= 0.6 is 69.6 Å². The number of carbonyl (C=O) groups excluding carboxylic acids is 1. The second-order valence-electron chi connectivity index (χ2n) is 6.77. The lowest BCUT2D eigenvalue weighted by Crippen LogP contribution is -2.73. The number of carbonyl (C=O) groups is 1. The van der Waals surface area contributed by atoms with Gasteiger partial charge in [-0.15, -0.1) is 0 Å². The minimum absolute atomic E-state index is 0.122. The van der Waals surface area contributed by atoms with Crippen LogP contribution in [0.5, 0.6) is 0 Å². The predicted molar refractivity (Wildman–Crippen MR) is 127 cm³/mol. The maximum Gasteiger partial charge on any atom is 0.242 e. The minimum atomic E-state index is -4.34. The number of sulfonamides is 1. The van der Waals surface area contributed by atoms with Crippen molar-refractivity contribution >= 4 is 91.1 Å². The number of nitrogens with one attached hydrogen (secondary N) is 2. The number of ketones is 1. The van der Waals surface area contributed by atoms with Gasteiger partial charge in [-0.25, -0.2) is 8.42 Å². The molecule has 0 unspecified atom stereocenters. The van der Waals surface area contributed by atoms with Gasteiger partial charge in [0, 0.05) is 5.69 Å². The van der Waals surface area contributed by atoms with E-state index < -0.39 is 40.2 Å². The SMILES string of the molecule is Cc1ccc(S(=O)(=O)N[C@]2(Nc3ccccc3)C(Cl)=C(Cl)C(=O)C(Cl)(Cl)C2(Cl)Cl)cc1. The second kappa shape index (κ2) is 8.58. The van der Waals surface area contributed by atoms with E-state index in [1.807, 2.05) is 0 Å². The van der Waals surface area contributed by atoms with E-state index in [-0.39, 0.29) is 4.90 Å². The van der Waals surface area contributed by atoms with Crippen LogP contribution in [0.15, 0.2) is 69.6 Å². The lowest BCUT2D eigenvalue weighted by Gasteiger charge is -2.50. The topological polar surface area (TPSA) is 75.3 Å². The van der Waals surface area contributed by atoms with Gasteiger partial charge in [0.15, 0.2) is 5.66 Å². The van der Waals surface area contributed by atoms with Gasteiger partial charge < -0.3 is 5.32 Å². The Morgan fingerprint density at radius 2 is 1.42 bits per heavy atom. The molecule has 0 amide bonds. The Kier molecular flexibility index (Phi) is 6.90. The minimum Gasteiger partial charge on any atom is -0.359 e. The van der Waals surface area contributed by atoms with Crippen LogP contribution < -0.4 is 10.0 Å². The summed E-state index contributed by atoms with van der Waals surface area (Å²) in [4.78, 5) is 12.5. The van der Waals surface area contributed by atoms with E-state index in [2.05, 4.69) is 10.0 Å². The Labute approximate surface area is 209 Å². The number of aryl methyl sites for hydroxylation is 1. The first-order valence-corrected chi connectivity index (χ1v) is 12.3. The third-order valence-electron chi connectivity index (χ3n) is 4.60. The summed E-state index contributed by atoms with van der Waals surface area (Å²) >= 11 is 38.0. The van der Waals surface area contributed by atoms with Crippen LogP contribution in [0, 0.1) is 6.92 Å². The number of alkyl halides is 4. The van der Waals surface area contributed by atoms with Crippen LogP contribution in [-0.4, -0.2) is 28.5 Å². The molecular formula is C19H14Cl6N2O3S. The molecule has 31 heavy (non-hydrogen) atoms. The van der Waals surface area contributed by atoms with Gasteiger partial charge in [-0.2, -0.15) is 4.72 Å². The molecule has 3 rings (SSSR count). The average Bonchev–Trinajstić information content (AvgIpc) is 2.71. The number of hydrogen-bond acceptors (Lipinski definition) is 4. The molecule has 2 aromatic carbocycles. The van der Waals surface area contributed by atoms with E-state index in [4.69, 9.17) is 69.6 Å². The highest BCUT2D eigenvalue weighted by Crippen LogP contribution is 2.58. The van der Waals surface area contributed by atoms with Crippen molar-refractivity contribution in [1.82, 2.24) is 4.72 Å². The highest BCUT2D eigenvalue weighted by molar-refractivity contribution is 7.89. The van der Waals surface area contributed by atoms with Gasteiger partial charge in [0.05, 0.1) is 9.93 Å². The molecule has 2 aromatic rings. The standard InChI is InChI=1S/C19H14Cl6N2O3S/c1-11-7-9-13(10-8-11)31(29,30)27-18(26-12-5-3-2-4-6-12)15(21)14(20)16(28)17(22,23)19(18,24)25/h2-10,26-27H,1H3/t18-/m1/s1. The molecule has 0 heterocycles. The van der Waals surface area contributed by atoms with E-state index in [1.54, 1.807) is 49.4 Å². The zero-order chi connectivity index (χ0) is 23.2. The lowest BCUT2D eigenvalue weighted by molar-refractivity contribution is -0.116. The van der Waals surface area contributed by atoms with Crippen molar-refractivity contribution in [1.29, 1.82) is 0 Å². The molecule has 5 nitrogen and oxygen atoms in total. The van der Waals surface area contributed by atoms with Crippen LogP contribution in [-0.2, 0) is 14.8 Å². The van der Waals surface area contributed by atoms with E-state index >= 15 is 0 Å². The number of Topliss-reactive ketones (excluding diaryl/α,β-unsaturated/α-hetero) is 1. The van der Waals surface area contributed by atoms with Crippen molar-refractivity contribution in [2.45, 2.75) is 26.1 Å². The fraction of sp³-hybridized carbons (Fsp3) is 0.211. The van der Waals surface area contributed by atoms with Gasteiger partial charge >= 0.3 is 0 Å². The Morgan fingerprint density at radius 3 is 1.97 bits per heavy atom.